The smallest absolute Gasteiger partial charge is 0.147 e. The van der Waals surface area contributed by atoms with E-state index in [4.69, 9.17) is 5.73 Å². The van der Waals surface area contributed by atoms with Crippen LogP contribution < -0.4 is 10.6 Å². The molecule has 3 nitrogen and oxygen atoms in total. The summed E-state index contributed by atoms with van der Waals surface area (Å²) in [5.74, 6) is 0.874. The van der Waals surface area contributed by atoms with Gasteiger partial charge in [0.25, 0.3) is 0 Å². The van der Waals surface area contributed by atoms with Crippen LogP contribution in [0.5, 0.6) is 0 Å². The highest BCUT2D eigenvalue weighted by Gasteiger charge is 2.14. The summed E-state index contributed by atoms with van der Waals surface area (Å²) in [6.45, 7) is 6.19. The van der Waals surface area contributed by atoms with E-state index in [1.165, 1.54) is 11.1 Å². The first-order chi connectivity index (χ1) is 8.91. The van der Waals surface area contributed by atoms with Crippen LogP contribution in [0.15, 0.2) is 28.9 Å². The minimum absolute atomic E-state index is 0.699. The summed E-state index contributed by atoms with van der Waals surface area (Å²) in [5.41, 5.74) is 11.2. The molecule has 19 heavy (non-hydrogen) atoms. The molecule has 2 N–H and O–H groups in total. The van der Waals surface area contributed by atoms with Crippen molar-refractivity contribution in [1.82, 2.24) is 4.98 Å². The lowest BCUT2D eigenvalue weighted by atomic mass is 10.1. The zero-order valence-electron chi connectivity index (χ0n) is 11.7. The molecule has 0 radical (unpaired) electrons. The Morgan fingerprint density at radius 3 is 2.53 bits per heavy atom. The van der Waals surface area contributed by atoms with Gasteiger partial charge < -0.3 is 10.6 Å². The zero-order chi connectivity index (χ0) is 14.2. The minimum Gasteiger partial charge on any atom is -0.397 e. The second-order valence-corrected chi connectivity index (χ2v) is 5.62. The van der Waals surface area contributed by atoms with Crippen LogP contribution in [0.3, 0.4) is 0 Å². The molecule has 0 saturated heterocycles. The van der Waals surface area contributed by atoms with E-state index >= 15 is 0 Å². The Morgan fingerprint density at radius 1 is 1.21 bits per heavy atom. The molecular formula is C15H18BrN3. The lowest BCUT2D eigenvalue weighted by molar-refractivity contribution is 1.09. The van der Waals surface area contributed by atoms with Crippen LogP contribution in [0.25, 0.3) is 0 Å². The molecule has 100 valence electrons. The maximum absolute atomic E-state index is 5.87. The van der Waals surface area contributed by atoms with Gasteiger partial charge in [0, 0.05) is 12.7 Å². The molecule has 0 unspecified atom stereocenters. The molecule has 0 aliphatic carbocycles. The molecule has 4 heteroatoms. The normalized spacial score (nSPS) is 10.6. The number of aryl methyl sites for hydroxylation is 2. The number of nitrogens with zero attached hydrogens (tertiary/aromatic N) is 2. The Balaban J connectivity index is 2.50. The molecule has 0 atom stereocenters. The average Bonchev–Trinajstić information content (AvgIpc) is 2.35. The van der Waals surface area contributed by atoms with Crippen molar-refractivity contribution in [2.24, 2.45) is 0 Å². The molecule has 2 aromatic rings. The van der Waals surface area contributed by atoms with Crippen molar-refractivity contribution in [3.05, 3.63) is 45.6 Å². The Bertz CT molecular complexity index is 623. The molecule has 0 aliphatic heterocycles. The number of hydrogen-bond acceptors (Lipinski definition) is 3. The van der Waals surface area contributed by atoms with E-state index in [-0.39, 0.29) is 0 Å². The van der Waals surface area contributed by atoms with E-state index in [9.17, 15) is 0 Å². The summed E-state index contributed by atoms with van der Waals surface area (Å²) in [5, 5.41) is 0. The Kier molecular flexibility index (Phi) is 3.80. The van der Waals surface area contributed by atoms with Gasteiger partial charge in [-0.25, -0.2) is 4.98 Å². The number of hydrogen-bond donors (Lipinski definition) is 1. The van der Waals surface area contributed by atoms with Crippen LogP contribution >= 0.6 is 15.9 Å². The van der Waals surface area contributed by atoms with Crippen LogP contribution in [0, 0.1) is 20.8 Å². The van der Waals surface area contributed by atoms with Crippen molar-refractivity contribution in [3.63, 3.8) is 0 Å². The summed E-state index contributed by atoms with van der Waals surface area (Å²) in [6, 6.07) is 6.39. The maximum atomic E-state index is 5.87. The molecule has 0 saturated carbocycles. The molecule has 1 aromatic carbocycles. The predicted octanol–water partition coefficient (Wildman–Crippen LogP) is 4.12. The van der Waals surface area contributed by atoms with Crippen molar-refractivity contribution < 1.29 is 0 Å². The third kappa shape index (κ3) is 2.59. The second-order valence-electron chi connectivity index (χ2n) is 4.83. The summed E-state index contributed by atoms with van der Waals surface area (Å²) in [7, 11) is 2.01. The molecule has 0 spiro atoms. The van der Waals surface area contributed by atoms with E-state index in [1.807, 2.05) is 14.0 Å². The van der Waals surface area contributed by atoms with Crippen LogP contribution in [-0.4, -0.2) is 12.0 Å². The highest BCUT2D eigenvalue weighted by Crippen LogP contribution is 2.34. The number of anilines is 3. The number of rotatable bonds is 2. The van der Waals surface area contributed by atoms with Gasteiger partial charge >= 0.3 is 0 Å². The lowest BCUT2D eigenvalue weighted by Crippen LogP contribution is -2.14. The van der Waals surface area contributed by atoms with Gasteiger partial charge in [0.15, 0.2) is 0 Å². The number of aromatic nitrogens is 1. The zero-order valence-corrected chi connectivity index (χ0v) is 13.2. The van der Waals surface area contributed by atoms with Gasteiger partial charge in [-0.2, -0.15) is 0 Å². The molecule has 0 aliphatic rings. The van der Waals surface area contributed by atoms with Crippen LogP contribution in [0.4, 0.5) is 17.2 Å². The van der Waals surface area contributed by atoms with Crippen LogP contribution in [-0.2, 0) is 0 Å². The topological polar surface area (TPSA) is 42.2 Å². The third-order valence-corrected chi connectivity index (χ3v) is 4.27. The van der Waals surface area contributed by atoms with E-state index in [0.717, 1.165) is 21.5 Å². The number of nitrogen functional groups attached to an aromatic ring is 1. The molecule has 0 fully saturated rings. The molecule has 2 rings (SSSR count). The molecule has 0 bridgehead atoms. The van der Waals surface area contributed by atoms with E-state index in [1.54, 1.807) is 6.20 Å². The Hall–Kier alpha value is -1.55. The maximum Gasteiger partial charge on any atom is 0.147 e. The van der Waals surface area contributed by atoms with E-state index in [2.05, 4.69) is 57.9 Å². The highest BCUT2D eigenvalue weighted by atomic mass is 79.9. The van der Waals surface area contributed by atoms with Gasteiger partial charge in [-0.1, -0.05) is 17.7 Å². The number of halogens is 1. The molecule has 1 heterocycles. The first-order valence-corrected chi connectivity index (χ1v) is 6.92. The summed E-state index contributed by atoms with van der Waals surface area (Å²) in [6.07, 6.45) is 1.70. The van der Waals surface area contributed by atoms with E-state index < -0.39 is 0 Å². The number of pyridine rings is 1. The first-order valence-electron chi connectivity index (χ1n) is 6.13. The van der Waals surface area contributed by atoms with Gasteiger partial charge in [-0.15, -0.1) is 0 Å². The fourth-order valence-electron chi connectivity index (χ4n) is 2.11. The third-order valence-electron chi connectivity index (χ3n) is 3.32. The largest absolute Gasteiger partial charge is 0.397 e. The predicted molar refractivity (Wildman–Crippen MR) is 85.1 cm³/mol. The van der Waals surface area contributed by atoms with Crippen LogP contribution in [0.2, 0.25) is 0 Å². The van der Waals surface area contributed by atoms with Crippen molar-refractivity contribution >= 4 is 33.1 Å². The van der Waals surface area contributed by atoms with Crippen molar-refractivity contribution in [1.29, 1.82) is 0 Å². The van der Waals surface area contributed by atoms with Crippen molar-refractivity contribution in [2.75, 3.05) is 17.7 Å². The van der Waals surface area contributed by atoms with E-state index in [0.29, 0.717) is 5.69 Å². The summed E-state index contributed by atoms with van der Waals surface area (Å²) >= 11 is 3.58. The molecule has 0 amide bonds. The van der Waals surface area contributed by atoms with Crippen molar-refractivity contribution in [3.8, 4) is 0 Å². The molecule has 1 aromatic heterocycles. The fourth-order valence-corrected chi connectivity index (χ4v) is 2.71. The van der Waals surface area contributed by atoms with Crippen molar-refractivity contribution in [2.45, 2.75) is 20.8 Å². The minimum atomic E-state index is 0.699. The number of benzene rings is 1. The van der Waals surface area contributed by atoms with Gasteiger partial charge in [-0.3, -0.25) is 0 Å². The monoisotopic (exact) mass is 319 g/mol. The Labute approximate surface area is 122 Å². The number of nitrogens with two attached hydrogens (primary N) is 1. The SMILES string of the molecule is Cc1ccc(N(C)c2ncc(N)c(C)c2Br)c(C)c1. The first kappa shape index (κ1) is 13.9. The van der Waals surface area contributed by atoms with Crippen LogP contribution in [0.1, 0.15) is 16.7 Å². The fraction of sp³-hybridized carbons (Fsp3) is 0.267. The lowest BCUT2D eigenvalue weighted by Gasteiger charge is -2.23. The second kappa shape index (κ2) is 5.21. The summed E-state index contributed by atoms with van der Waals surface area (Å²) < 4.78 is 0.940. The average molecular weight is 320 g/mol. The Morgan fingerprint density at radius 2 is 1.89 bits per heavy atom. The standard InChI is InChI=1S/C15H18BrN3/c1-9-5-6-13(10(2)7-9)19(4)15-14(16)11(3)12(17)8-18-15/h5-8H,17H2,1-4H3. The van der Waals surface area contributed by atoms with Gasteiger partial charge in [-0.05, 0) is 53.9 Å². The molecular weight excluding hydrogens is 302 g/mol. The summed E-state index contributed by atoms with van der Waals surface area (Å²) in [4.78, 5) is 6.51. The van der Waals surface area contributed by atoms with Gasteiger partial charge in [0.1, 0.15) is 5.82 Å². The quantitative estimate of drug-likeness (QED) is 0.905. The van der Waals surface area contributed by atoms with Gasteiger partial charge in [0.2, 0.25) is 0 Å². The highest BCUT2D eigenvalue weighted by molar-refractivity contribution is 9.10. The van der Waals surface area contributed by atoms with Gasteiger partial charge in [0.05, 0.1) is 16.4 Å².